The van der Waals surface area contributed by atoms with Crippen LogP contribution in [0.5, 0.6) is 0 Å². The first-order chi connectivity index (χ1) is 10.4. The number of nitro groups is 1. The van der Waals surface area contributed by atoms with E-state index in [0.717, 1.165) is 11.1 Å². The van der Waals surface area contributed by atoms with Gasteiger partial charge in [-0.05, 0) is 35.4 Å². The maximum absolute atomic E-state index is 11.5. The van der Waals surface area contributed by atoms with Crippen molar-refractivity contribution in [2.24, 2.45) is 0 Å². The van der Waals surface area contributed by atoms with Crippen molar-refractivity contribution in [1.82, 2.24) is 0 Å². The Morgan fingerprint density at radius 1 is 1.00 bits per heavy atom. The molecule has 0 heterocycles. The minimum Gasteiger partial charge on any atom is -0.264 e. The Bertz CT molecular complexity index is 674. The summed E-state index contributed by atoms with van der Waals surface area (Å²) in [7, 11) is 0. The molecule has 2 aromatic rings. The SMILES string of the molecule is CC[C@H]([C@@H](c1ccc(Cl)cc1)c1ccc(Cl)c(Cl)c1)[N+](=O)[O-]. The molecule has 2 aromatic carbocycles. The highest BCUT2D eigenvalue weighted by Gasteiger charge is 2.32. The van der Waals surface area contributed by atoms with E-state index in [1.54, 1.807) is 37.3 Å². The lowest BCUT2D eigenvalue weighted by atomic mass is 9.84. The van der Waals surface area contributed by atoms with Gasteiger partial charge in [0.2, 0.25) is 6.04 Å². The Balaban J connectivity index is 2.55. The van der Waals surface area contributed by atoms with E-state index < -0.39 is 12.0 Å². The third-order valence-electron chi connectivity index (χ3n) is 3.61. The van der Waals surface area contributed by atoms with E-state index in [9.17, 15) is 10.1 Å². The Labute approximate surface area is 144 Å². The first-order valence-corrected chi connectivity index (χ1v) is 7.91. The van der Waals surface area contributed by atoms with Crippen molar-refractivity contribution in [1.29, 1.82) is 0 Å². The smallest absolute Gasteiger partial charge is 0.223 e. The van der Waals surface area contributed by atoms with Crippen LogP contribution in [0.3, 0.4) is 0 Å². The molecule has 0 aromatic heterocycles. The van der Waals surface area contributed by atoms with Gasteiger partial charge < -0.3 is 0 Å². The second-order valence-electron chi connectivity index (χ2n) is 4.96. The summed E-state index contributed by atoms with van der Waals surface area (Å²) in [6.07, 6.45) is 0.403. The molecule has 116 valence electrons. The lowest BCUT2D eigenvalue weighted by Crippen LogP contribution is -2.27. The molecule has 0 fully saturated rings. The van der Waals surface area contributed by atoms with Crippen molar-refractivity contribution >= 4 is 34.8 Å². The molecule has 0 unspecified atom stereocenters. The number of rotatable bonds is 5. The lowest BCUT2D eigenvalue weighted by Gasteiger charge is -2.21. The minimum absolute atomic E-state index is 0.248. The summed E-state index contributed by atoms with van der Waals surface area (Å²) >= 11 is 17.9. The molecule has 2 atom stereocenters. The first kappa shape index (κ1) is 17.1. The van der Waals surface area contributed by atoms with Crippen LogP contribution < -0.4 is 0 Å². The molecule has 22 heavy (non-hydrogen) atoms. The predicted molar refractivity (Wildman–Crippen MR) is 90.8 cm³/mol. The summed E-state index contributed by atoms with van der Waals surface area (Å²) in [5.74, 6) is -0.410. The monoisotopic (exact) mass is 357 g/mol. The molecular weight excluding hydrogens is 345 g/mol. The molecular formula is C16H14Cl3NO2. The molecule has 0 aliphatic carbocycles. The van der Waals surface area contributed by atoms with Gasteiger partial charge in [-0.2, -0.15) is 0 Å². The number of halogens is 3. The first-order valence-electron chi connectivity index (χ1n) is 6.78. The van der Waals surface area contributed by atoms with Crippen molar-refractivity contribution in [3.8, 4) is 0 Å². The zero-order chi connectivity index (χ0) is 16.3. The summed E-state index contributed by atoms with van der Waals surface area (Å²) in [4.78, 5) is 11.2. The Hall–Kier alpha value is -1.29. The number of benzene rings is 2. The van der Waals surface area contributed by atoms with Gasteiger partial charge in [-0.25, -0.2) is 0 Å². The van der Waals surface area contributed by atoms with Gasteiger partial charge in [0.1, 0.15) is 0 Å². The zero-order valence-corrected chi connectivity index (χ0v) is 14.1. The third kappa shape index (κ3) is 3.72. The number of nitrogens with zero attached hydrogens (tertiary/aromatic N) is 1. The largest absolute Gasteiger partial charge is 0.264 e. The van der Waals surface area contributed by atoms with E-state index >= 15 is 0 Å². The van der Waals surface area contributed by atoms with E-state index in [-0.39, 0.29) is 4.92 Å². The Kier molecular flexibility index (Phi) is 5.68. The quantitative estimate of drug-likeness (QED) is 0.498. The maximum atomic E-state index is 11.5. The summed E-state index contributed by atoms with van der Waals surface area (Å²) in [6, 6.07) is 11.5. The normalized spacial score (nSPS) is 13.6. The van der Waals surface area contributed by atoms with Gasteiger partial charge in [0.25, 0.3) is 0 Å². The fraction of sp³-hybridized carbons (Fsp3) is 0.250. The van der Waals surface area contributed by atoms with E-state index in [4.69, 9.17) is 34.8 Å². The highest BCUT2D eigenvalue weighted by molar-refractivity contribution is 6.42. The van der Waals surface area contributed by atoms with Gasteiger partial charge in [0.05, 0.1) is 16.0 Å². The van der Waals surface area contributed by atoms with E-state index in [0.29, 0.717) is 21.5 Å². The molecule has 0 aliphatic heterocycles. The maximum Gasteiger partial charge on any atom is 0.223 e. The van der Waals surface area contributed by atoms with E-state index in [1.807, 2.05) is 12.1 Å². The van der Waals surface area contributed by atoms with Gasteiger partial charge in [0.15, 0.2) is 0 Å². The molecule has 0 N–H and O–H groups in total. The van der Waals surface area contributed by atoms with Gasteiger partial charge in [0, 0.05) is 16.4 Å². The van der Waals surface area contributed by atoms with Gasteiger partial charge >= 0.3 is 0 Å². The highest BCUT2D eigenvalue weighted by Crippen LogP contribution is 2.35. The Morgan fingerprint density at radius 2 is 1.59 bits per heavy atom. The number of hydrogen-bond donors (Lipinski definition) is 0. The minimum atomic E-state index is -0.751. The molecule has 6 heteroatoms. The highest BCUT2D eigenvalue weighted by atomic mass is 35.5. The van der Waals surface area contributed by atoms with Crippen molar-refractivity contribution in [2.45, 2.75) is 25.3 Å². The van der Waals surface area contributed by atoms with Gasteiger partial charge in [-0.15, -0.1) is 0 Å². The van der Waals surface area contributed by atoms with Crippen LogP contribution in [0.4, 0.5) is 0 Å². The third-order valence-corrected chi connectivity index (χ3v) is 4.60. The van der Waals surface area contributed by atoms with Crippen LogP contribution in [-0.4, -0.2) is 11.0 Å². The summed E-state index contributed by atoms with van der Waals surface area (Å²) in [6.45, 7) is 1.80. The fourth-order valence-corrected chi connectivity index (χ4v) is 2.95. The summed E-state index contributed by atoms with van der Waals surface area (Å²) in [5.41, 5.74) is 1.59. The average molecular weight is 359 g/mol. The van der Waals surface area contributed by atoms with Gasteiger partial charge in [-0.1, -0.05) is 59.9 Å². The molecule has 0 spiro atoms. The lowest BCUT2D eigenvalue weighted by molar-refractivity contribution is -0.525. The standard InChI is InChI=1S/C16H14Cl3NO2/c1-2-15(20(21)22)16(10-3-6-12(17)7-4-10)11-5-8-13(18)14(19)9-11/h3-9,15-16H,2H2,1H3/t15-,16+/m1/s1. The topological polar surface area (TPSA) is 43.1 Å². The van der Waals surface area contributed by atoms with Crippen LogP contribution >= 0.6 is 34.8 Å². The van der Waals surface area contributed by atoms with Crippen molar-refractivity contribution in [2.75, 3.05) is 0 Å². The van der Waals surface area contributed by atoms with E-state index in [1.165, 1.54) is 0 Å². The second kappa shape index (κ2) is 7.32. The molecule has 0 radical (unpaired) electrons. The molecule has 3 nitrogen and oxygen atoms in total. The van der Waals surface area contributed by atoms with Crippen molar-refractivity contribution < 1.29 is 4.92 Å². The molecule has 0 saturated carbocycles. The molecule has 0 aliphatic rings. The molecule has 2 rings (SSSR count). The van der Waals surface area contributed by atoms with Crippen molar-refractivity contribution in [3.05, 3.63) is 78.8 Å². The number of hydrogen-bond acceptors (Lipinski definition) is 2. The fourth-order valence-electron chi connectivity index (χ4n) is 2.52. The van der Waals surface area contributed by atoms with Crippen LogP contribution in [-0.2, 0) is 0 Å². The van der Waals surface area contributed by atoms with Crippen LogP contribution in [0.25, 0.3) is 0 Å². The molecule has 0 saturated heterocycles. The van der Waals surface area contributed by atoms with Crippen LogP contribution in [0.15, 0.2) is 42.5 Å². The van der Waals surface area contributed by atoms with Gasteiger partial charge in [-0.3, -0.25) is 10.1 Å². The summed E-state index contributed by atoms with van der Waals surface area (Å²) < 4.78 is 0. The molecule has 0 bridgehead atoms. The predicted octanol–water partition coefficient (Wildman–Crippen LogP) is 5.83. The van der Waals surface area contributed by atoms with Crippen LogP contribution in [0, 0.1) is 10.1 Å². The Morgan fingerprint density at radius 3 is 2.09 bits per heavy atom. The van der Waals surface area contributed by atoms with Crippen molar-refractivity contribution in [3.63, 3.8) is 0 Å². The second-order valence-corrected chi connectivity index (χ2v) is 6.21. The van der Waals surface area contributed by atoms with E-state index in [2.05, 4.69) is 0 Å². The average Bonchev–Trinajstić information content (AvgIpc) is 2.48. The molecule has 0 amide bonds. The summed E-state index contributed by atoms with van der Waals surface area (Å²) in [5, 5.41) is 12.9. The zero-order valence-electron chi connectivity index (χ0n) is 11.8. The van der Waals surface area contributed by atoms with Crippen LogP contribution in [0.1, 0.15) is 30.4 Å². The van der Waals surface area contributed by atoms with Crippen LogP contribution in [0.2, 0.25) is 15.1 Å².